The molecule has 0 unspecified atom stereocenters. The first-order valence-electron chi connectivity index (χ1n) is 4.47. The van der Waals surface area contributed by atoms with Crippen LogP contribution in [0.25, 0.3) is 10.1 Å². The Kier molecular flexibility index (Phi) is 3.03. The number of fused-ring (bicyclic) bond motifs is 1. The third-order valence-corrected chi connectivity index (χ3v) is 3.39. The molecule has 14 heavy (non-hydrogen) atoms. The molecule has 2 rings (SSSR count). The number of aromatic nitrogens is 1. The van der Waals surface area contributed by atoms with Crippen molar-refractivity contribution < 1.29 is 4.74 Å². The van der Waals surface area contributed by atoms with Crippen LogP contribution in [0.3, 0.4) is 0 Å². The van der Waals surface area contributed by atoms with Gasteiger partial charge in [0.25, 0.3) is 0 Å². The molecule has 0 spiro atoms. The molecule has 0 N–H and O–H groups in total. The summed E-state index contributed by atoms with van der Waals surface area (Å²) in [5, 5.41) is 3.23. The van der Waals surface area contributed by atoms with E-state index >= 15 is 0 Å². The lowest BCUT2D eigenvalue weighted by Gasteiger charge is -2.04. The second-order valence-electron chi connectivity index (χ2n) is 2.92. The minimum absolute atomic E-state index is 0.724. The Bertz CT molecular complexity index is 441. The predicted octanol–water partition coefficient (Wildman–Crippen LogP) is 3.85. The fourth-order valence-electron chi connectivity index (χ4n) is 1.21. The van der Waals surface area contributed by atoms with Gasteiger partial charge in [-0.1, -0.05) is 6.92 Å². The maximum Gasteiger partial charge on any atom is 0.231 e. The predicted molar refractivity (Wildman–Crippen MR) is 63.1 cm³/mol. The van der Waals surface area contributed by atoms with Gasteiger partial charge in [-0.3, -0.25) is 0 Å². The largest absolute Gasteiger partial charge is 0.477 e. The number of hydrogen-bond donors (Lipinski definition) is 0. The van der Waals surface area contributed by atoms with Gasteiger partial charge in [-0.05, 0) is 33.8 Å². The van der Waals surface area contributed by atoms with Crippen LogP contribution in [0.5, 0.6) is 5.88 Å². The number of pyridine rings is 1. The summed E-state index contributed by atoms with van der Waals surface area (Å²) in [4.78, 5) is 4.26. The molecule has 2 aromatic heterocycles. The Morgan fingerprint density at radius 3 is 3.21 bits per heavy atom. The molecular formula is C10H10BrNOS. The van der Waals surface area contributed by atoms with E-state index in [4.69, 9.17) is 4.74 Å². The highest BCUT2D eigenvalue weighted by molar-refractivity contribution is 9.10. The summed E-state index contributed by atoms with van der Waals surface area (Å²) < 4.78 is 7.70. The van der Waals surface area contributed by atoms with Crippen molar-refractivity contribution in [2.45, 2.75) is 13.3 Å². The Hall–Kier alpha value is -0.610. The van der Waals surface area contributed by atoms with Crippen LogP contribution in [0.1, 0.15) is 13.3 Å². The van der Waals surface area contributed by atoms with Gasteiger partial charge in [-0.25, -0.2) is 4.98 Å². The van der Waals surface area contributed by atoms with Crippen LogP contribution in [-0.2, 0) is 0 Å². The van der Waals surface area contributed by atoms with Gasteiger partial charge in [0.15, 0.2) is 0 Å². The molecule has 0 aliphatic carbocycles. The molecule has 0 aliphatic rings. The fraction of sp³-hybridized carbons (Fsp3) is 0.300. The Morgan fingerprint density at radius 1 is 1.57 bits per heavy atom. The lowest BCUT2D eigenvalue weighted by Crippen LogP contribution is -1.96. The first-order valence-corrected chi connectivity index (χ1v) is 6.14. The fourth-order valence-corrected chi connectivity index (χ4v) is 2.63. The summed E-state index contributed by atoms with van der Waals surface area (Å²) in [5.41, 5.74) is 0. The van der Waals surface area contributed by atoms with Gasteiger partial charge in [-0.2, -0.15) is 0 Å². The number of rotatable bonds is 3. The van der Waals surface area contributed by atoms with Gasteiger partial charge in [0.2, 0.25) is 5.88 Å². The van der Waals surface area contributed by atoms with E-state index in [0.717, 1.165) is 28.1 Å². The van der Waals surface area contributed by atoms with Gasteiger partial charge < -0.3 is 4.74 Å². The number of ether oxygens (including phenoxy) is 1. The molecule has 0 saturated carbocycles. The van der Waals surface area contributed by atoms with Crippen LogP contribution in [0.15, 0.2) is 22.1 Å². The van der Waals surface area contributed by atoms with Gasteiger partial charge in [0.05, 0.1) is 11.3 Å². The van der Waals surface area contributed by atoms with E-state index in [9.17, 15) is 0 Å². The van der Waals surface area contributed by atoms with Crippen LogP contribution in [0, 0.1) is 0 Å². The SMILES string of the molecule is CCCOc1ncc(Br)c2ccsc12. The third kappa shape index (κ3) is 1.77. The normalized spacial score (nSPS) is 10.7. The second kappa shape index (κ2) is 4.28. The van der Waals surface area contributed by atoms with Crippen molar-refractivity contribution in [2.75, 3.05) is 6.61 Å². The molecule has 0 aliphatic heterocycles. The maximum absolute atomic E-state index is 5.56. The minimum Gasteiger partial charge on any atom is -0.477 e. The topological polar surface area (TPSA) is 22.1 Å². The lowest BCUT2D eigenvalue weighted by molar-refractivity contribution is 0.310. The van der Waals surface area contributed by atoms with E-state index in [2.05, 4.69) is 39.3 Å². The lowest BCUT2D eigenvalue weighted by atomic mass is 10.3. The van der Waals surface area contributed by atoms with Crippen molar-refractivity contribution in [1.29, 1.82) is 0 Å². The Morgan fingerprint density at radius 2 is 2.43 bits per heavy atom. The first-order chi connectivity index (χ1) is 6.83. The molecule has 0 aromatic carbocycles. The van der Waals surface area contributed by atoms with Crippen LogP contribution in [-0.4, -0.2) is 11.6 Å². The van der Waals surface area contributed by atoms with Crippen molar-refractivity contribution in [3.63, 3.8) is 0 Å². The summed E-state index contributed by atoms with van der Waals surface area (Å²) in [5.74, 6) is 0.750. The van der Waals surface area contributed by atoms with E-state index in [1.54, 1.807) is 17.5 Å². The van der Waals surface area contributed by atoms with Crippen LogP contribution < -0.4 is 4.74 Å². The van der Waals surface area contributed by atoms with Crippen LogP contribution >= 0.6 is 27.3 Å². The first kappa shape index (κ1) is 9.93. The maximum atomic E-state index is 5.56. The molecule has 0 amide bonds. The minimum atomic E-state index is 0.724. The van der Waals surface area contributed by atoms with Gasteiger partial charge in [-0.15, -0.1) is 11.3 Å². The number of nitrogens with zero attached hydrogens (tertiary/aromatic N) is 1. The molecule has 2 nitrogen and oxygen atoms in total. The molecule has 0 atom stereocenters. The zero-order valence-electron chi connectivity index (χ0n) is 7.79. The van der Waals surface area contributed by atoms with Crippen LogP contribution in [0.4, 0.5) is 0 Å². The van der Waals surface area contributed by atoms with Gasteiger partial charge in [0, 0.05) is 16.1 Å². The van der Waals surface area contributed by atoms with Crippen molar-refractivity contribution >= 4 is 37.4 Å². The molecule has 0 fully saturated rings. The van der Waals surface area contributed by atoms with E-state index in [0.29, 0.717) is 0 Å². The highest BCUT2D eigenvalue weighted by Gasteiger charge is 2.07. The van der Waals surface area contributed by atoms with E-state index in [1.165, 1.54) is 5.39 Å². The third-order valence-electron chi connectivity index (χ3n) is 1.85. The number of thiophene rings is 1. The van der Waals surface area contributed by atoms with E-state index in [-0.39, 0.29) is 0 Å². The summed E-state index contributed by atoms with van der Waals surface area (Å²) in [7, 11) is 0. The van der Waals surface area contributed by atoms with Gasteiger partial charge >= 0.3 is 0 Å². The standard InChI is InChI=1S/C10H10BrNOS/c1-2-4-13-10-9-7(3-5-14-9)8(11)6-12-10/h3,5-6H,2,4H2,1H3. The average Bonchev–Trinajstić information content (AvgIpc) is 2.66. The molecule has 2 aromatic rings. The summed E-state index contributed by atoms with van der Waals surface area (Å²) in [6.45, 7) is 2.81. The van der Waals surface area contributed by atoms with E-state index < -0.39 is 0 Å². The van der Waals surface area contributed by atoms with E-state index in [1.807, 2.05) is 0 Å². The zero-order chi connectivity index (χ0) is 9.97. The Balaban J connectivity index is 2.45. The van der Waals surface area contributed by atoms with Crippen LogP contribution in [0.2, 0.25) is 0 Å². The quantitative estimate of drug-likeness (QED) is 0.846. The smallest absolute Gasteiger partial charge is 0.231 e. The zero-order valence-corrected chi connectivity index (χ0v) is 10.2. The van der Waals surface area contributed by atoms with Crippen molar-refractivity contribution in [2.24, 2.45) is 0 Å². The second-order valence-corrected chi connectivity index (χ2v) is 4.69. The van der Waals surface area contributed by atoms with Crippen molar-refractivity contribution in [1.82, 2.24) is 4.98 Å². The highest BCUT2D eigenvalue weighted by atomic mass is 79.9. The molecule has 2 heterocycles. The molecule has 74 valence electrons. The molecule has 4 heteroatoms. The Labute approximate surface area is 95.0 Å². The molecular weight excluding hydrogens is 262 g/mol. The monoisotopic (exact) mass is 271 g/mol. The van der Waals surface area contributed by atoms with Crippen molar-refractivity contribution in [3.8, 4) is 5.88 Å². The summed E-state index contributed by atoms with van der Waals surface area (Å²) in [6.07, 6.45) is 2.80. The summed E-state index contributed by atoms with van der Waals surface area (Å²) >= 11 is 5.13. The van der Waals surface area contributed by atoms with Crippen molar-refractivity contribution in [3.05, 3.63) is 22.1 Å². The highest BCUT2D eigenvalue weighted by Crippen LogP contribution is 2.33. The number of halogens is 1. The average molecular weight is 272 g/mol. The molecule has 0 bridgehead atoms. The number of hydrogen-bond acceptors (Lipinski definition) is 3. The molecule has 0 saturated heterocycles. The van der Waals surface area contributed by atoms with Gasteiger partial charge in [0.1, 0.15) is 0 Å². The summed E-state index contributed by atoms with van der Waals surface area (Å²) in [6, 6.07) is 2.07. The molecule has 0 radical (unpaired) electrons.